The van der Waals surface area contributed by atoms with Crippen LogP contribution in [0.5, 0.6) is 0 Å². The van der Waals surface area contributed by atoms with E-state index in [0.29, 0.717) is 12.0 Å². The van der Waals surface area contributed by atoms with Crippen molar-refractivity contribution in [3.05, 3.63) is 0 Å². The lowest BCUT2D eigenvalue weighted by Gasteiger charge is -2.42. The van der Waals surface area contributed by atoms with Crippen LogP contribution in [0.1, 0.15) is 53.4 Å². The van der Waals surface area contributed by atoms with Gasteiger partial charge in [0.05, 0.1) is 5.60 Å². The minimum atomic E-state index is -0.279. The summed E-state index contributed by atoms with van der Waals surface area (Å²) in [7, 11) is 0. The smallest absolute Gasteiger partial charge is 0.248 e. The van der Waals surface area contributed by atoms with Crippen molar-refractivity contribution in [1.29, 1.82) is 0 Å². The number of rotatable bonds is 6. The third kappa shape index (κ3) is 4.46. The van der Waals surface area contributed by atoms with Crippen molar-refractivity contribution in [2.75, 3.05) is 26.2 Å². The highest BCUT2D eigenvalue weighted by Crippen LogP contribution is 2.41. The van der Waals surface area contributed by atoms with E-state index in [2.05, 4.69) is 13.8 Å². The van der Waals surface area contributed by atoms with E-state index < -0.39 is 0 Å². The number of carbonyl (C=O) groups is 1. The van der Waals surface area contributed by atoms with Gasteiger partial charge in [-0.2, -0.15) is 0 Å². The third-order valence-corrected chi connectivity index (χ3v) is 4.50. The van der Waals surface area contributed by atoms with E-state index in [1.807, 2.05) is 13.8 Å². The standard InChI is InChI=1S/C15H30N2O2/c1-5-17(6-2)13(18)11-19-15(12-16)9-7-14(3,4)8-10-15/h5-12,16H2,1-4H3. The van der Waals surface area contributed by atoms with E-state index in [-0.39, 0.29) is 18.1 Å². The third-order valence-electron chi connectivity index (χ3n) is 4.50. The van der Waals surface area contributed by atoms with Crippen molar-refractivity contribution in [1.82, 2.24) is 4.90 Å². The Hall–Kier alpha value is -0.610. The average molecular weight is 270 g/mol. The molecule has 2 N–H and O–H groups in total. The first-order valence-electron chi connectivity index (χ1n) is 7.50. The summed E-state index contributed by atoms with van der Waals surface area (Å²) in [4.78, 5) is 13.8. The molecule has 0 atom stereocenters. The van der Waals surface area contributed by atoms with E-state index in [0.717, 1.165) is 38.8 Å². The molecule has 4 nitrogen and oxygen atoms in total. The molecule has 4 heteroatoms. The van der Waals surface area contributed by atoms with Crippen LogP contribution in [0.2, 0.25) is 0 Å². The number of carbonyl (C=O) groups excluding carboxylic acids is 1. The van der Waals surface area contributed by atoms with Gasteiger partial charge in [-0.3, -0.25) is 4.79 Å². The Kier molecular flexibility index (Phi) is 5.81. The van der Waals surface area contributed by atoms with E-state index in [1.54, 1.807) is 4.90 Å². The highest BCUT2D eigenvalue weighted by atomic mass is 16.5. The highest BCUT2D eigenvalue weighted by Gasteiger charge is 2.38. The molecule has 19 heavy (non-hydrogen) atoms. The molecule has 1 rings (SSSR count). The minimum absolute atomic E-state index is 0.0719. The van der Waals surface area contributed by atoms with E-state index in [1.165, 1.54) is 0 Å². The molecule has 0 saturated heterocycles. The van der Waals surface area contributed by atoms with Gasteiger partial charge in [-0.15, -0.1) is 0 Å². The van der Waals surface area contributed by atoms with Crippen LogP contribution >= 0.6 is 0 Å². The van der Waals surface area contributed by atoms with Crippen molar-refractivity contribution in [2.45, 2.75) is 59.0 Å². The van der Waals surface area contributed by atoms with E-state index >= 15 is 0 Å². The van der Waals surface area contributed by atoms with Gasteiger partial charge in [-0.25, -0.2) is 0 Å². The van der Waals surface area contributed by atoms with Crippen LogP contribution in [0.3, 0.4) is 0 Å². The molecule has 1 aliphatic carbocycles. The number of amides is 1. The Balaban J connectivity index is 2.52. The SMILES string of the molecule is CCN(CC)C(=O)COC1(CN)CCC(C)(C)CC1. The average Bonchev–Trinajstić information content (AvgIpc) is 2.40. The molecule has 0 heterocycles. The quantitative estimate of drug-likeness (QED) is 0.805. The van der Waals surface area contributed by atoms with E-state index in [9.17, 15) is 4.79 Å². The molecule has 0 aliphatic heterocycles. The molecular weight excluding hydrogens is 240 g/mol. The monoisotopic (exact) mass is 270 g/mol. The fourth-order valence-corrected chi connectivity index (χ4v) is 2.67. The lowest BCUT2D eigenvalue weighted by atomic mass is 9.71. The lowest BCUT2D eigenvalue weighted by Crippen LogP contribution is -2.47. The maximum Gasteiger partial charge on any atom is 0.248 e. The first-order valence-corrected chi connectivity index (χ1v) is 7.50. The summed E-state index contributed by atoms with van der Waals surface area (Å²) < 4.78 is 5.94. The largest absolute Gasteiger partial charge is 0.364 e. The minimum Gasteiger partial charge on any atom is -0.364 e. The van der Waals surface area contributed by atoms with Crippen LogP contribution in [0, 0.1) is 5.41 Å². The Bertz CT molecular complexity index is 289. The Morgan fingerprint density at radius 2 is 1.68 bits per heavy atom. The lowest BCUT2D eigenvalue weighted by molar-refractivity contribution is -0.146. The molecule has 0 aromatic rings. The maximum absolute atomic E-state index is 12.0. The fourth-order valence-electron chi connectivity index (χ4n) is 2.67. The summed E-state index contributed by atoms with van der Waals surface area (Å²) in [5.41, 5.74) is 6.00. The van der Waals surface area contributed by atoms with Crippen LogP contribution in [-0.2, 0) is 9.53 Å². The predicted octanol–water partition coefficient (Wildman–Crippen LogP) is 2.17. The van der Waals surface area contributed by atoms with Gasteiger partial charge in [-0.05, 0) is 44.9 Å². The zero-order valence-corrected chi connectivity index (χ0v) is 13.0. The normalized spacial score (nSPS) is 21.1. The summed E-state index contributed by atoms with van der Waals surface area (Å²) in [5.74, 6) is 0.0719. The summed E-state index contributed by atoms with van der Waals surface area (Å²) in [5, 5.41) is 0. The van der Waals surface area contributed by atoms with Crippen molar-refractivity contribution in [3.8, 4) is 0 Å². The number of nitrogens with zero attached hydrogens (tertiary/aromatic N) is 1. The zero-order valence-electron chi connectivity index (χ0n) is 13.0. The Morgan fingerprint density at radius 3 is 2.11 bits per heavy atom. The van der Waals surface area contributed by atoms with Crippen molar-refractivity contribution < 1.29 is 9.53 Å². The number of hydrogen-bond acceptors (Lipinski definition) is 3. The van der Waals surface area contributed by atoms with Gasteiger partial charge in [-0.1, -0.05) is 13.8 Å². The molecule has 1 saturated carbocycles. The van der Waals surface area contributed by atoms with Crippen LogP contribution in [0.4, 0.5) is 0 Å². The van der Waals surface area contributed by atoms with Crippen molar-refractivity contribution >= 4 is 5.91 Å². The number of nitrogens with two attached hydrogens (primary N) is 1. The molecule has 1 aliphatic rings. The fraction of sp³-hybridized carbons (Fsp3) is 0.933. The first kappa shape index (κ1) is 16.4. The first-order chi connectivity index (χ1) is 8.88. The molecule has 1 amide bonds. The Morgan fingerprint density at radius 1 is 1.16 bits per heavy atom. The summed E-state index contributed by atoms with van der Waals surface area (Å²) in [6.45, 7) is 10.7. The Labute approximate surface area is 117 Å². The molecule has 0 radical (unpaired) electrons. The van der Waals surface area contributed by atoms with Gasteiger partial charge in [0.25, 0.3) is 0 Å². The van der Waals surface area contributed by atoms with Gasteiger partial charge in [0.2, 0.25) is 5.91 Å². The van der Waals surface area contributed by atoms with Gasteiger partial charge >= 0.3 is 0 Å². The number of hydrogen-bond donors (Lipinski definition) is 1. The number of ether oxygens (including phenoxy) is 1. The van der Waals surface area contributed by atoms with Crippen LogP contribution in [0.15, 0.2) is 0 Å². The van der Waals surface area contributed by atoms with Crippen LogP contribution in [-0.4, -0.2) is 42.6 Å². The molecule has 112 valence electrons. The maximum atomic E-state index is 12.0. The van der Waals surface area contributed by atoms with Gasteiger partial charge in [0, 0.05) is 19.6 Å². The van der Waals surface area contributed by atoms with Crippen LogP contribution < -0.4 is 5.73 Å². The van der Waals surface area contributed by atoms with Crippen LogP contribution in [0.25, 0.3) is 0 Å². The second kappa shape index (κ2) is 6.71. The summed E-state index contributed by atoms with van der Waals surface area (Å²) in [6, 6.07) is 0. The van der Waals surface area contributed by atoms with Gasteiger partial charge in [0.15, 0.2) is 0 Å². The summed E-state index contributed by atoms with van der Waals surface area (Å²) >= 11 is 0. The summed E-state index contributed by atoms with van der Waals surface area (Å²) in [6.07, 6.45) is 4.15. The van der Waals surface area contributed by atoms with Crippen molar-refractivity contribution in [2.24, 2.45) is 11.1 Å². The molecular formula is C15H30N2O2. The number of likely N-dealkylation sites (N-methyl/N-ethyl adjacent to an activating group) is 1. The van der Waals surface area contributed by atoms with Crippen molar-refractivity contribution in [3.63, 3.8) is 0 Å². The second-order valence-corrected chi connectivity index (χ2v) is 6.41. The molecule has 0 aromatic heterocycles. The zero-order chi connectivity index (χ0) is 14.5. The molecule has 0 unspecified atom stereocenters. The highest BCUT2D eigenvalue weighted by molar-refractivity contribution is 5.77. The molecule has 1 fully saturated rings. The van der Waals surface area contributed by atoms with Gasteiger partial charge < -0.3 is 15.4 Å². The second-order valence-electron chi connectivity index (χ2n) is 6.41. The topological polar surface area (TPSA) is 55.6 Å². The van der Waals surface area contributed by atoms with Gasteiger partial charge in [0.1, 0.15) is 6.61 Å². The predicted molar refractivity (Wildman–Crippen MR) is 77.9 cm³/mol. The van der Waals surface area contributed by atoms with E-state index in [4.69, 9.17) is 10.5 Å². The molecule has 0 spiro atoms. The molecule has 0 bridgehead atoms. The molecule has 0 aromatic carbocycles.